The van der Waals surface area contributed by atoms with E-state index in [1.807, 2.05) is 24.3 Å². The van der Waals surface area contributed by atoms with Gasteiger partial charge in [-0.2, -0.15) is 0 Å². The molecule has 0 unspecified atom stereocenters. The van der Waals surface area contributed by atoms with Gasteiger partial charge in [0.25, 0.3) is 0 Å². The van der Waals surface area contributed by atoms with E-state index < -0.39 is 0 Å². The zero-order chi connectivity index (χ0) is 11.4. The topological polar surface area (TPSA) is 9.23 Å². The Morgan fingerprint density at radius 2 is 1.38 bits per heavy atom. The van der Waals surface area contributed by atoms with Crippen molar-refractivity contribution in [3.05, 3.63) is 53.6 Å². The molecule has 0 fully saturated rings. The molecule has 0 N–H and O–H groups in total. The Labute approximate surface area is 110 Å². The minimum absolute atomic E-state index is 0.304. The van der Waals surface area contributed by atoms with Gasteiger partial charge in [0.15, 0.2) is 0 Å². The second-order valence-electron chi connectivity index (χ2n) is 3.23. The average Bonchev–Trinajstić information content (AvgIpc) is 2.33. The van der Waals surface area contributed by atoms with E-state index in [0.717, 1.165) is 10.8 Å². The molecule has 0 aliphatic heterocycles. The van der Waals surface area contributed by atoms with Crippen molar-refractivity contribution in [2.75, 3.05) is 7.11 Å². The van der Waals surface area contributed by atoms with Crippen molar-refractivity contribution < 1.29 is 4.74 Å². The van der Waals surface area contributed by atoms with E-state index in [2.05, 4.69) is 24.3 Å². The minimum atomic E-state index is -0.304. The molecule has 0 spiro atoms. The third-order valence-electron chi connectivity index (χ3n) is 2.11. The Bertz CT molecular complexity index is 450. The molecule has 0 aromatic heterocycles. The van der Waals surface area contributed by atoms with Gasteiger partial charge in [0.05, 0.1) is 0 Å². The first-order chi connectivity index (χ1) is 7.78. The van der Waals surface area contributed by atoms with Gasteiger partial charge in [-0.05, 0) is 0 Å². The van der Waals surface area contributed by atoms with Gasteiger partial charge in [-0.3, -0.25) is 0 Å². The van der Waals surface area contributed by atoms with Crippen molar-refractivity contribution in [1.82, 2.24) is 0 Å². The van der Waals surface area contributed by atoms with Crippen LogP contribution < -0.4 is 12.0 Å². The first-order valence-electron chi connectivity index (χ1n) is 4.85. The SMILES string of the molecule is COc1ccc([Te]c2ccc(Cl)cc2)cc1. The molecule has 0 aliphatic rings. The van der Waals surface area contributed by atoms with Crippen LogP contribution in [-0.2, 0) is 0 Å². The standard InChI is InChI=1S/C13H11ClOTe/c1-15-11-4-8-13(9-5-11)16-12-6-2-10(14)3-7-12/h2-9H,1H3. The van der Waals surface area contributed by atoms with E-state index in [9.17, 15) is 0 Å². The van der Waals surface area contributed by atoms with Crippen LogP contribution in [0.5, 0.6) is 5.75 Å². The van der Waals surface area contributed by atoms with Crippen molar-refractivity contribution in [3.8, 4) is 5.75 Å². The molecule has 0 aliphatic carbocycles. The normalized spacial score (nSPS) is 10.1. The molecule has 2 aromatic carbocycles. The summed E-state index contributed by atoms with van der Waals surface area (Å²) in [6, 6.07) is 16.4. The van der Waals surface area contributed by atoms with Crippen LogP contribution in [0.3, 0.4) is 0 Å². The third-order valence-corrected chi connectivity index (χ3v) is 5.26. The van der Waals surface area contributed by atoms with Gasteiger partial charge >= 0.3 is 111 Å². The Kier molecular flexibility index (Phi) is 4.12. The van der Waals surface area contributed by atoms with Gasteiger partial charge in [-0.15, -0.1) is 0 Å². The Morgan fingerprint density at radius 1 is 0.875 bits per heavy atom. The second-order valence-corrected chi connectivity index (χ2v) is 6.94. The summed E-state index contributed by atoms with van der Waals surface area (Å²) in [5.74, 6) is 0.910. The molecule has 3 heteroatoms. The van der Waals surface area contributed by atoms with Gasteiger partial charge in [0, 0.05) is 0 Å². The van der Waals surface area contributed by atoms with Crippen LogP contribution in [0.25, 0.3) is 0 Å². The fourth-order valence-electron chi connectivity index (χ4n) is 1.28. The summed E-state index contributed by atoms with van der Waals surface area (Å²) in [7, 11) is 1.69. The molecule has 0 heterocycles. The quantitative estimate of drug-likeness (QED) is 0.773. The van der Waals surface area contributed by atoms with Crippen molar-refractivity contribution in [2.45, 2.75) is 0 Å². The molecular formula is C13H11ClOTe. The van der Waals surface area contributed by atoms with Crippen LogP contribution >= 0.6 is 11.6 Å². The summed E-state index contributed by atoms with van der Waals surface area (Å²) >= 11 is 5.55. The first kappa shape index (κ1) is 11.8. The van der Waals surface area contributed by atoms with E-state index >= 15 is 0 Å². The van der Waals surface area contributed by atoms with Crippen molar-refractivity contribution in [1.29, 1.82) is 0 Å². The van der Waals surface area contributed by atoms with Crippen molar-refractivity contribution in [3.63, 3.8) is 0 Å². The number of methoxy groups -OCH3 is 1. The summed E-state index contributed by atoms with van der Waals surface area (Å²) in [6.45, 7) is 0. The van der Waals surface area contributed by atoms with Gasteiger partial charge in [0.2, 0.25) is 0 Å². The number of hydrogen-bond donors (Lipinski definition) is 0. The van der Waals surface area contributed by atoms with Gasteiger partial charge in [-0.1, -0.05) is 0 Å². The molecule has 1 nitrogen and oxygen atoms in total. The summed E-state index contributed by atoms with van der Waals surface area (Å²) in [5, 5.41) is 0.797. The Balaban J connectivity index is 2.11. The molecule has 0 radical (unpaired) electrons. The predicted molar refractivity (Wildman–Crippen MR) is 69.5 cm³/mol. The fraction of sp³-hybridized carbons (Fsp3) is 0.0769. The van der Waals surface area contributed by atoms with E-state index in [-0.39, 0.29) is 20.9 Å². The maximum absolute atomic E-state index is 5.85. The number of rotatable bonds is 3. The summed E-state index contributed by atoms with van der Waals surface area (Å²) in [6.07, 6.45) is 0. The van der Waals surface area contributed by atoms with Crippen LogP contribution in [0.2, 0.25) is 5.02 Å². The van der Waals surface area contributed by atoms with Crippen LogP contribution in [0, 0.1) is 0 Å². The zero-order valence-electron chi connectivity index (χ0n) is 8.81. The van der Waals surface area contributed by atoms with E-state index in [1.54, 1.807) is 7.11 Å². The average molecular weight is 346 g/mol. The molecule has 2 rings (SSSR count). The van der Waals surface area contributed by atoms with Crippen molar-refractivity contribution in [2.24, 2.45) is 0 Å². The first-order valence-corrected chi connectivity index (χ1v) is 7.56. The van der Waals surface area contributed by atoms with Crippen LogP contribution in [-0.4, -0.2) is 28.0 Å². The molecule has 0 amide bonds. The number of ether oxygens (including phenoxy) is 1. The number of benzene rings is 2. The molecule has 0 saturated heterocycles. The molecule has 82 valence electrons. The monoisotopic (exact) mass is 348 g/mol. The van der Waals surface area contributed by atoms with Crippen LogP contribution in [0.1, 0.15) is 0 Å². The summed E-state index contributed by atoms with van der Waals surface area (Å²) in [5.41, 5.74) is 0. The zero-order valence-corrected chi connectivity index (χ0v) is 11.9. The van der Waals surface area contributed by atoms with Crippen molar-refractivity contribution >= 4 is 39.7 Å². The molecule has 2 aromatic rings. The summed E-state index contributed by atoms with van der Waals surface area (Å²) < 4.78 is 7.92. The van der Waals surface area contributed by atoms with E-state index in [1.165, 1.54) is 7.22 Å². The molecular weight excluding hydrogens is 335 g/mol. The van der Waals surface area contributed by atoms with Crippen LogP contribution in [0.4, 0.5) is 0 Å². The molecule has 16 heavy (non-hydrogen) atoms. The number of hydrogen-bond acceptors (Lipinski definition) is 1. The maximum atomic E-state index is 5.85. The number of halogens is 1. The van der Waals surface area contributed by atoms with E-state index in [4.69, 9.17) is 16.3 Å². The van der Waals surface area contributed by atoms with Gasteiger partial charge < -0.3 is 0 Å². The molecule has 0 saturated carbocycles. The van der Waals surface area contributed by atoms with E-state index in [0.29, 0.717) is 0 Å². The predicted octanol–water partition coefficient (Wildman–Crippen LogP) is 2.00. The fourth-order valence-corrected chi connectivity index (χ4v) is 3.74. The Hall–Kier alpha value is -0.680. The summed E-state index contributed by atoms with van der Waals surface area (Å²) in [4.78, 5) is 0. The van der Waals surface area contributed by atoms with Gasteiger partial charge in [-0.25, -0.2) is 0 Å². The third kappa shape index (κ3) is 3.15. The molecule has 0 bridgehead atoms. The second kappa shape index (κ2) is 5.59. The molecule has 0 atom stereocenters. The van der Waals surface area contributed by atoms with Gasteiger partial charge in [0.1, 0.15) is 0 Å². The van der Waals surface area contributed by atoms with Crippen LogP contribution in [0.15, 0.2) is 48.5 Å². The Morgan fingerprint density at radius 3 is 1.88 bits per heavy atom.